The summed E-state index contributed by atoms with van der Waals surface area (Å²) in [6.45, 7) is 5.08. The van der Waals surface area contributed by atoms with Gasteiger partial charge in [-0.3, -0.25) is 9.32 Å². The first kappa shape index (κ1) is 25.1. The summed E-state index contributed by atoms with van der Waals surface area (Å²) in [6, 6.07) is 17.8. The number of esters is 1. The van der Waals surface area contributed by atoms with Gasteiger partial charge in [0.25, 0.3) is 0 Å². The molecule has 7 nitrogen and oxygen atoms in total. The van der Waals surface area contributed by atoms with Crippen LogP contribution in [0.1, 0.15) is 32.8 Å². The van der Waals surface area contributed by atoms with Gasteiger partial charge in [0.05, 0.1) is 18.8 Å². The van der Waals surface area contributed by atoms with Gasteiger partial charge in [0.1, 0.15) is 11.8 Å². The van der Waals surface area contributed by atoms with Crippen LogP contribution in [0.25, 0.3) is 0 Å². The highest BCUT2D eigenvalue weighted by molar-refractivity contribution is 7.52. The second kappa shape index (κ2) is 12.6. The summed E-state index contributed by atoms with van der Waals surface area (Å²) in [5, 5.41) is 2.68. The van der Waals surface area contributed by atoms with Crippen molar-refractivity contribution >= 4 is 13.7 Å². The highest BCUT2D eigenvalue weighted by Crippen LogP contribution is 2.45. The Labute approximate surface area is 184 Å². The van der Waals surface area contributed by atoms with Crippen LogP contribution in [0.4, 0.5) is 0 Å². The molecule has 0 fully saturated rings. The van der Waals surface area contributed by atoms with Crippen LogP contribution < -0.4 is 9.61 Å². The van der Waals surface area contributed by atoms with E-state index in [1.54, 1.807) is 52.1 Å². The molecule has 0 amide bonds. The lowest BCUT2D eigenvalue weighted by molar-refractivity contribution is -0.149. The summed E-state index contributed by atoms with van der Waals surface area (Å²) in [6.07, 6.45) is 0.879. The first-order valence-electron chi connectivity index (χ1n) is 10.4. The fraction of sp³-hybridized carbons (Fsp3) is 0.435. The van der Waals surface area contributed by atoms with E-state index in [4.69, 9.17) is 18.5 Å². The molecule has 3 atom stereocenters. The number of para-hydroxylation sites is 1. The van der Waals surface area contributed by atoms with Crippen LogP contribution in [-0.4, -0.2) is 37.9 Å². The first-order chi connectivity index (χ1) is 14.8. The molecule has 0 saturated heterocycles. The van der Waals surface area contributed by atoms with E-state index in [9.17, 15) is 9.36 Å². The smallest absolute Gasteiger partial charge is 0.459 e. The fourth-order valence-corrected chi connectivity index (χ4v) is 4.28. The highest BCUT2D eigenvalue weighted by Gasteiger charge is 2.33. The Balaban J connectivity index is 2.04. The average Bonchev–Trinajstić information content (AvgIpc) is 2.74. The van der Waals surface area contributed by atoms with Crippen molar-refractivity contribution in [1.29, 1.82) is 0 Å². The quantitative estimate of drug-likeness (QED) is 0.348. The summed E-state index contributed by atoms with van der Waals surface area (Å²) < 4.78 is 35.5. The summed E-state index contributed by atoms with van der Waals surface area (Å²) in [4.78, 5) is 12.2. The van der Waals surface area contributed by atoms with Crippen molar-refractivity contribution in [2.75, 3.05) is 13.7 Å². The molecule has 1 N–H and O–H groups in total. The monoisotopic (exact) mass is 449 g/mol. The van der Waals surface area contributed by atoms with E-state index in [1.165, 1.54) is 5.56 Å². The van der Waals surface area contributed by atoms with E-state index in [1.807, 2.05) is 36.4 Å². The van der Waals surface area contributed by atoms with Crippen molar-refractivity contribution in [3.8, 4) is 5.75 Å². The largest absolute Gasteiger partial charge is 0.462 e. The second-order valence-electron chi connectivity index (χ2n) is 7.42. The van der Waals surface area contributed by atoms with Crippen molar-refractivity contribution < 1.29 is 27.9 Å². The van der Waals surface area contributed by atoms with Crippen molar-refractivity contribution in [1.82, 2.24) is 5.09 Å². The number of hydrogen-bond acceptors (Lipinski definition) is 6. The molecule has 8 heteroatoms. The number of methoxy groups -OCH3 is 1. The second-order valence-corrected chi connectivity index (χ2v) is 9.11. The van der Waals surface area contributed by atoms with Gasteiger partial charge in [0.15, 0.2) is 0 Å². The summed E-state index contributed by atoms with van der Waals surface area (Å²) in [7, 11) is -2.31. The van der Waals surface area contributed by atoms with Crippen LogP contribution in [0.5, 0.6) is 5.75 Å². The van der Waals surface area contributed by atoms with Gasteiger partial charge in [0, 0.05) is 7.11 Å². The molecule has 0 aliphatic heterocycles. The molecule has 2 aromatic carbocycles. The minimum Gasteiger partial charge on any atom is -0.462 e. The van der Waals surface area contributed by atoms with Crippen molar-refractivity contribution in [3.63, 3.8) is 0 Å². The predicted octanol–water partition coefficient (Wildman–Crippen LogP) is 4.77. The van der Waals surface area contributed by atoms with Gasteiger partial charge in [-0.2, -0.15) is 5.09 Å². The number of hydrogen-bond donors (Lipinski definition) is 1. The van der Waals surface area contributed by atoms with E-state index in [-0.39, 0.29) is 18.8 Å². The molecule has 0 bridgehead atoms. The van der Waals surface area contributed by atoms with E-state index in [0.717, 1.165) is 6.42 Å². The van der Waals surface area contributed by atoms with Crippen LogP contribution in [0.2, 0.25) is 0 Å². The third-order valence-electron chi connectivity index (χ3n) is 4.39. The third-order valence-corrected chi connectivity index (χ3v) is 6.03. The molecule has 2 rings (SSSR count). The maximum Gasteiger partial charge on any atom is 0.459 e. The Bertz CT molecular complexity index is 830. The SMILES string of the molecule is COC(CCc1ccccc1)CO[P@@](=O)(N[C@@H](C)C(=O)OC(C)C)Oc1ccccc1. The molecule has 0 aliphatic carbocycles. The topological polar surface area (TPSA) is 83.1 Å². The molecule has 0 saturated carbocycles. The average molecular weight is 449 g/mol. The van der Waals surface area contributed by atoms with Crippen molar-refractivity contribution in [2.45, 2.75) is 51.9 Å². The number of carbonyl (C=O) groups is 1. The number of nitrogens with one attached hydrogen (secondary N) is 1. The van der Waals surface area contributed by atoms with Gasteiger partial charge < -0.3 is 14.0 Å². The van der Waals surface area contributed by atoms with E-state index in [0.29, 0.717) is 12.2 Å². The number of ether oxygens (including phenoxy) is 2. The van der Waals surface area contributed by atoms with Crippen LogP contribution in [0, 0.1) is 0 Å². The number of rotatable bonds is 13. The molecular weight excluding hydrogens is 417 g/mol. The molecule has 0 heterocycles. The fourth-order valence-electron chi connectivity index (χ4n) is 2.76. The van der Waals surface area contributed by atoms with E-state index >= 15 is 0 Å². The number of benzene rings is 2. The summed E-state index contributed by atoms with van der Waals surface area (Å²) in [5.74, 6) is -0.177. The number of carbonyl (C=O) groups excluding carboxylic acids is 1. The maximum atomic E-state index is 13.5. The Hall–Kier alpha value is -2.18. The minimum absolute atomic E-state index is 0.0341. The van der Waals surface area contributed by atoms with Crippen LogP contribution in [0.3, 0.4) is 0 Å². The highest BCUT2D eigenvalue weighted by atomic mass is 31.2. The Morgan fingerprint density at radius 2 is 1.61 bits per heavy atom. The molecule has 0 aliphatic rings. The van der Waals surface area contributed by atoms with Gasteiger partial charge in [-0.15, -0.1) is 0 Å². The van der Waals surface area contributed by atoms with Crippen LogP contribution >= 0.6 is 7.75 Å². The molecule has 31 heavy (non-hydrogen) atoms. The zero-order valence-electron chi connectivity index (χ0n) is 18.5. The standard InChI is InChI=1S/C23H32NO6P/c1-18(2)29-23(25)19(3)24-31(26,30-21-13-9-6-10-14-21)28-17-22(27-4)16-15-20-11-7-5-8-12-20/h5-14,18-19,22H,15-17H2,1-4H3,(H,24,26)/t19-,22?,31-/m0/s1. The molecule has 1 unspecified atom stereocenters. The van der Waals surface area contributed by atoms with Crippen molar-refractivity contribution in [2.24, 2.45) is 0 Å². The lowest BCUT2D eigenvalue weighted by Gasteiger charge is -2.25. The first-order valence-corrected chi connectivity index (χ1v) is 11.9. The van der Waals surface area contributed by atoms with Gasteiger partial charge >= 0.3 is 13.7 Å². The Kier molecular flexibility index (Phi) is 10.2. The summed E-state index contributed by atoms with van der Waals surface area (Å²) >= 11 is 0. The van der Waals surface area contributed by atoms with Crippen molar-refractivity contribution in [3.05, 3.63) is 66.2 Å². The third kappa shape index (κ3) is 9.23. The summed E-state index contributed by atoms with van der Waals surface area (Å²) in [5.41, 5.74) is 1.18. The minimum atomic E-state index is -3.89. The number of aryl methyl sites for hydroxylation is 1. The zero-order chi connectivity index (χ0) is 22.7. The zero-order valence-corrected chi connectivity index (χ0v) is 19.4. The normalized spacial score (nSPS) is 15.1. The van der Waals surface area contributed by atoms with E-state index < -0.39 is 19.8 Å². The van der Waals surface area contributed by atoms with Gasteiger partial charge in [-0.1, -0.05) is 48.5 Å². The maximum absolute atomic E-state index is 13.5. The Morgan fingerprint density at radius 3 is 2.19 bits per heavy atom. The lowest BCUT2D eigenvalue weighted by Crippen LogP contribution is -2.36. The molecule has 0 radical (unpaired) electrons. The van der Waals surface area contributed by atoms with Gasteiger partial charge in [-0.05, 0) is 51.3 Å². The van der Waals surface area contributed by atoms with Crippen LogP contribution in [0.15, 0.2) is 60.7 Å². The molecule has 2 aromatic rings. The van der Waals surface area contributed by atoms with E-state index in [2.05, 4.69) is 5.09 Å². The van der Waals surface area contributed by atoms with Gasteiger partial charge in [0.2, 0.25) is 0 Å². The molecular formula is C23H32NO6P. The van der Waals surface area contributed by atoms with Crippen LogP contribution in [-0.2, 0) is 29.8 Å². The molecule has 0 aromatic heterocycles. The molecule has 0 spiro atoms. The Morgan fingerprint density at radius 1 is 1.00 bits per heavy atom. The van der Waals surface area contributed by atoms with Gasteiger partial charge in [-0.25, -0.2) is 4.57 Å². The lowest BCUT2D eigenvalue weighted by atomic mass is 10.1. The predicted molar refractivity (Wildman–Crippen MR) is 120 cm³/mol. The molecule has 170 valence electrons.